The van der Waals surface area contributed by atoms with Crippen molar-refractivity contribution in [2.24, 2.45) is 0 Å². The zero-order chi connectivity index (χ0) is 15.9. The smallest absolute Gasteiger partial charge is 0.338 e. The average Bonchev–Trinajstić information content (AvgIpc) is 2.53. The lowest BCUT2D eigenvalue weighted by Gasteiger charge is -2.07. The lowest BCUT2D eigenvalue weighted by molar-refractivity contribution is 0.0526. The first-order valence-electron chi connectivity index (χ1n) is 7.71. The minimum absolute atomic E-state index is 0.225. The molecule has 0 amide bonds. The van der Waals surface area contributed by atoms with Gasteiger partial charge in [-0.15, -0.1) is 0 Å². The van der Waals surface area contributed by atoms with Crippen molar-refractivity contribution in [1.29, 1.82) is 0 Å². The van der Waals surface area contributed by atoms with E-state index in [2.05, 4.69) is 6.92 Å². The number of benzene rings is 2. The molecule has 0 radical (unpaired) electrons. The van der Waals surface area contributed by atoms with E-state index in [4.69, 9.17) is 4.74 Å². The van der Waals surface area contributed by atoms with Crippen LogP contribution in [-0.2, 0) is 11.2 Å². The highest BCUT2D eigenvalue weighted by molar-refractivity contribution is 5.90. The van der Waals surface area contributed by atoms with Gasteiger partial charge in [-0.05, 0) is 49.1 Å². The Morgan fingerprint density at radius 1 is 1.09 bits per heavy atom. The Kier molecular flexibility index (Phi) is 5.70. The predicted octanol–water partition coefficient (Wildman–Crippen LogP) is 5.01. The van der Waals surface area contributed by atoms with Crippen molar-refractivity contribution in [3.05, 3.63) is 59.4 Å². The molecule has 2 aromatic rings. The molecule has 2 rings (SSSR count). The van der Waals surface area contributed by atoms with E-state index in [1.54, 1.807) is 43.3 Å². The van der Waals surface area contributed by atoms with Crippen molar-refractivity contribution in [2.45, 2.75) is 33.1 Å². The summed E-state index contributed by atoms with van der Waals surface area (Å²) in [4.78, 5) is 11.6. The summed E-state index contributed by atoms with van der Waals surface area (Å²) in [5, 5.41) is 0. The van der Waals surface area contributed by atoms with Crippen molar-refractivity contribution in [2.75, 3.05) is 6.61 Å². The first kappa shape index (κ1) is 16.2. The Bertz CT molecular complexity index is 632. The fourth-order valence-electron chi connectivity index (χ4n) is 2.33. The van der Waals surface area contributed by atoms with E-state index in [-0.39, 0.29) is 11.8 Å². The van der Waals surface area contributed by atoms with Gasteiger partial charge in [-0.25, -0.2) is 9.18 Å². The molecular formula is C19H21FO2. The molecule has 0 spiro atoms. The van der Waals surface area contributed by atoms with Crippen LogP contribution >= 0.6 is 0 Å². The molecule has 0 fully saturated rings. The van der Waals surface area contributed by atoms with E-state index < -0.39 is 0 Å². The zero-order valence-corrected chi connectivity index (χ0v) is 13.1. The highest BCUT2D eigenvalue weighted by atomic mass is 19.1. The van der Waals surface area contributed by atoms with Gasteiger partial charge in [0.25, 0.3) is 0 Å². The Balaban J connectivity index is 2.19. The molecule has 0 bridgehead atoms. The molecule has 0 aliphatic rings. The molecule has 116 valence electrons. The molecular weight excluding hydrogens is 279 g/mol. The van der Waals surface area contributed by atoms with Crippen LogP contribution in [-0.4, -0.2) is 12.6 Å². The maximum atomic E-state index is 14.3. The normalized spacial score (nSPS) is 10.5. The van der Waals surface area contributed by atoms with Crippen LogP contribution in [0.1, 0.15) is 42.6 Å². The number of carbonyl (C=O) groups excluding carboxylic acids is 1. The second kappa shape index (κ2) is 7.74. The van der Waals surface area contributed by atoms with E-state index in [0.717, 1.165) is 30.4 Å². The molecule has 0 aliphatic heterocycles. The van der Waals surface area contributed by atoms with Gasteiger partial charge in [-0.1, -0.05) is 37.6 Å². The quantitative estimate of drug-likeness (QED) is 0.701. The number of carbonyl (C=O) groups is 1. The summed E-state index contributed by atoms with van der Waals surface area (Å²) in [6.45, 7) is 4.23. The summed E-state index contributed by atoms with van der Waals surface area (Å²) in [6.07, 6.45) is 3.06. The third-order valence-corrected chi connectivity index (χ3v) is 3.56. The van der Waals surface area contributed by atoms with E-state index in [0.29, 0.717) is 17.7 Å². The predicted molar refractivity (Wildman–Crippen MR) is 86.4 cm³/mol. The van der Waals surface area contributed by atoms with Gasteiger partial charge in [0, 0.05) is 5.56 Å². The summed E-state index contributed by atoms with van der Waals surface area (Å²) < 4.78 is 19.2. The van der Waals surface area contributed by atoms with Gasteiger partial charge >= 0.3 is 5.97 Å². The number of hydrogen-bond donors (Lipinski definition) is 0. The number of ether oxygens (including phenoxy) is 1. The molecule has 2 nitrogen and oxygen atoms in total. The third kappa shape index (κ3) is 3.94. The van der Waals surface area contributed by atoms with Gasteiger partial charge in [0.1, 0.15) is 5.82 Å². The molecule has 0 unspecified atom stereocenters. The van der Waals surface area contributed by atoms with Crippen molar-refractivity contribution in [3.63, 3.8) is 0 Å². The Morgan fingerprint density at radius 2 is 1.82 bits per heavy atom. The summed E-state index contributed by atoms with van der Waals surface area (Å²) in [5.41, 5.74) is 2.81. The largest absolute Gasteiger partial charge is 0.462 e. The number of esters is 1. The summed E-state index contributed by atoms with van der Waals surface area (Å²) >= 11 is 0. The first-order chi connectivity index (χ1) is 10.7. The maximum Gasteiger partial charge on any atom is 0.338 e. The van der Waals surface area contributed by atoms with Crippen LogP contribution in [0.5, 0.6) is 0 Å². The summed E-state index contributed by atoms with van der Waals surface area (Å²) in [7, 11) is 0. The fraction of sp³-hybridized carbons (Fsp3) is 0.316. The van der Waals surface area contributed by atoms with Crippen LogP contribution in [0.15, 0.2) is 42.5 Å². The standard InChI is InChI=1S/C19H21FO2/c1-3-5-6-14-7-12-17(18(20)13-14)15-8-10-16(11-9-15)19(21)22-4-2/h7-13H,3-6H2,1-2H3. The molecule has 3 heteroatoms. The third-order valence-electron chi connectivity index (χ3n) is 3.56. The number of halogens is 1. The van der Waals surface area contributed by atoms with Gasteiger partial charge in [-0.3, -0.25) is 0 Å². The maximum absolute atomic E-state index is 14.3. The molecule has 0 aliphatic carbocycles. The van der Waals surface area contributed by atoms with Gasteiger partial charge in [-0.2, -0.15) is 0 Å². The van der Waals surface area contributed by atoms with Gasteiger partial charge < -0.3 is 4.74 Å². The first-order valence-corrected chi connectivity index (χ1v) is 7.71. The topological polar surface area (TPSA) is 26.3 Å². The molecule has 0 atom stereocenters. The second-order valence-electron chi connectivity index (χ2n) is 5.22. The number of aryl methyl sites for hydroxylation is 1. The Labute approximate surface area is 130 Å². The Hall–Kier alpha value is -2.16. The molecule has 2 aromatic carbocycles. The fourth-order valence-corrected chi connectivity index (χ4v) is 2.33. The van der Waals surface area contributed by atoms with Gasteiger partial charge in [0.15, 0.2) is 0 Å². The molecule has 0 heterocycles. The zero-order valence-electron chi connectivity index (χ0n) is 13.1. The van der Waals surface area contributed by atoms with Gasteiger partial charge in [0.05, 0.1) is 12.2 Å². The van der Waals surface area contributed by atoms with E-state index in [1.807, 2.05) is 6.07 Å². The minimum atomic E-state index is -0.357. The van der Waals surface area contributed by atoms with Crippen molar-refractivity contribution in [1.82, 2.24) is 0 Å². The molecule has 22 heavy (non-hydrogen) atoms. The molecule has 0 aromatic heterocycles. The van der Waals surface area contributed by atoms with Crippen LogP contribution in [0.2, 0.25) is 0 Å². The van der Waals surface area contributed by atoms with Crippen LogP contribution in [0.4, 0.5) is 4.39 Å². The summed E-state index contributed by atoms with van der Waals surface area (Å²) in [6, 6.07) is 12.2. The number of hydrogen-bond acceptors (Lipinski definition) is 2. The second-order valence-corrected chi connectivity index (χ2v) is 5.22. The lowest BCUT2D eigenvalue weighted by Crippen LogP contribution is -2.04. The van der Waals surface area contributed by atoms with E-state index in [9.17, 15) is 9.18 Å². The molecule has 0 saturated carbocycles. The minimum Gasteiger partial charge on any atom is -0.462 e. The SMILES string of the molecule is CCCCc1ccc(-c2ccc(C(=O)OCC)cc2)c(F)c1. The van der Waals surface area contributed by atoms with Crippen molar-refractivity contribution in [3.8, 4) is 11.1 Å². The average molecular weight is 300 g/mol. The van der Waals surface area contributed by atoms with E-state index in [1.165, 1.54) is 0 Å². The van der Waals surface area contributed by atoms with Crippen LogP contribution < -0.4 is 0 Å². The van der Waals surface area contributed by atoms with Gasteiger partial charge in [0.2, 0.25) is 0 Å². The number of unbranched alkanes of at least 4 members (excludes halogenated alkanes) is 1. The summed E-state index contributed by atoms with van der Waals surface area (Å²) in [5.74, 6) is -0.582. The molecule has 0 N–H and O–H groups in total. The van der Waals surface area contributed by atoms with Crippen LogP contribution in [0, 0.1) is 5.82 Å². The van der Waals surface area contributed by atoms with Crippen molar-refractivity contribution >= 4 is 5.97 Å². The Morgan fingerprint density at radius 3 is 2.41 bits per heavy atom. The number of rotatable bonds is 6. The van der Waals surface area contributed by atoms with E-state index >= 15 is 0 Å². The van der Waals surface area contributed by atoms with Crippen LogP contribution in [0.25, 0.3) is 11.1 Å². The van der Waals surface area contributed by atoms with Crippen molar-refractivity contribution < 1.29 is 13.9 Å². The monoisotopic (exact) mass is 300 g/mol. The lowest BCUT2D eigenvalue weighted by atomic mass is 10.00. The highest BCUT2D eigenvalue weighted by Gasteiger charge is 2.09. The molecule has 0 saturated heterocycles. The highest BCUT2D eigenvalue weighted by Crippen LogP contribution is 2.24. The van der Waals surface area contributed by atoms with Crippen LogP contribution in [0.3, 0.4) is 0 Å².